The highest BCUT2D eigenvalue weighted by Crippen LogP contribution is 2.16. The van der Waals surface area contributed by atoms with Gasteiger partial charge in [-0.2, -0.15) is 0 Å². The predicted molar refractivity (Wildman–Crippen MR) is 78.6 cm³/mol. The number of carbonyl (C=O) groups excluding carboxylic acids is 1. The van der Waals surface area contributed by atoms with Crippen molar-refractivity contribution in [3.63, 3.8) is 0 Å². The summed E-state index contributed by atoms with van der Waals surface area (Å²) in [7, 11) is 1.63. The van der Waals surface area contributed by atoms with Gasteiger partial charge in [-0.15, -0.1) is 0 Å². The molecule has 0 aliphatic carbocycles. The summed E-state index contributed by atoms with van der Waals surface area (Å²) in [5.74, 6) is 0.910. The Morgan fingerprint density at radius 2 is 2.20 bits per heavy atom. The van der Waals surface area contributed by atoms with E-state index < -0.39 is 0 Å². The topological polar surface area (TPSA) is 56.2 Å². The van der Waals surface area contributed by atoms with E-state index in [4.69, 9.17) is 4.74 Å². The summed E-state index contributed by atoms with van der Waals surface area (Å²) in [6.45, 7) is 4.77. The van der Waals surface area contributed by atoms with Crippen molar-refractivity contribution >= 4 is 16.9 Å². The van der Waals surface area contributed by atoms with E-state index in [1.54, 1.807) is 7.11 Å². The van der Waals surface area contributed by atoms with Crippen LogP contribution in [0, 0.1) is 0 Å². The van der Waals surface area contributed by atoms with Crippen LogP contribution >= 0.6 is 0 Å². The predicted octanol–water partition coefficient (Wildman–Crippen LogP) is 1.75. The maximum absolute atomic E-state index is 12.1. The number of methoxy groups -OCH3 is 1. The summed E-state index contributed by atoms with van der Waals surface area (Å²) >= 11 is 0. The van der Waals surface area contributed by atoms with Crippen LogP contribution in [0.2, 0.25) is 0 Å². The minimum Gasteiger partial charge on any atom is -0.383 e. The Labute approximate surface area is 118 Å². The van der Waals surface area contributed by atoms with E-state index in [0.717, 1.165) is 23.3 Å². The van der Waals surface area contributed by atoms with Gasteiger partial charge < -0.3 is 14.6 Å². The number of nitrogens with zero attached hydrogens (tertiary/aromatic N) is 2. The summed E-state index contributed by atoms with van der Waals surface area (Å²) < 4.78 is 7.00. The molecular weight excluding hydrogens is 254 g/mol. The third-order valence-electron chi connectivity index (χ3n) is 3.18. The van der Waals surface area contributed by atoms with Crippen LogP contribution in [0.15, 0.2) is 24.3 Å². The molecule has 2 aromatic rings. The minimum absolute atomic E-state index is 0.00682. The lowest BCUT2D eigenvalue weighted by molar-refractivity contribution is -0.122. The van der Waals surface area contributed by atoms with E-state index in [1.807, 2.05) is 42.7 Å². The number of fused-ring (bicyclic) bond motifs is 1. The zero-order chi connectivity index (χ0) is 14.5. The number of aromatic nitrogens is 2. The average molecular weight is 275 g/mol. The van der Waals surface area contributed by atoms with Crippen molar-refractivity contribution in [2.75, 3.05) is 13.7 Å². The lowest BCUT2D eigenvalue weighted by Crippen LogP contribution is -2.37. The number of hydrogen-bond acceptors (Lipinski definition) is 3. The van der Waals surface area contributed by atoms with Crippen LogP contribution in [-0.4, -0.2) is 35.2 Å². The van der Waals surface area contributed by atoms with Gasteiger partial charge in [0, 0.05) is 19.6 Å². The lowest BCUT2D eigenvalue weighted by atomic mass is 10.3. The normalized spacial score (nSPS) is 12.6. The highest BCUT2D eigenvalue weighted by Gasteiger charge is 2.13. The molecule has 0 fully saturated rings. The van der Waals surface area contributed by atoms with Crippen LogP contribution in [0.5, 0.6) is 0 Å². The molecule has 2 rings (SSSR count). The third-order valence-corrected chi connectivity index (χ3v) is 3.18. The van der Waals surface area contributed by atoms with Gasteiger partial charge in [0.05, 0.1) is 17.6 Å². The van der Waals surface area contributed by atoms with Crippen LogP contribution in [0.25, 0.3) is 11.0 Å². The molecule has 20 heavy (non-hydrogen) atoms. The van der Waals surface area contributed by atoms with Gasteiger partial charge >= 0.3 is 0 Å². The Bertz CT molecular complexity index is 592. The van der Waals surface area contributed by atoms with Gasteiger partial charge in [-0.3, -0.25) is 4.79 Å². The van der Waals surface area contributed by atoms with Crippen molar-refractivity contribution in [3.8, 4) is 0 Å². The maximum atomic E-state index is 12.1. The fourth-order valence-electron chi connectivity index (χ4n) is 2.33. The molecule has 1 heterocycles. The molecule has 0 saturated carbocycles. The van der Waals surface area contributed by atoms with Gasteiger partial charge in [0.25, 0.3) is 0 Å². The van der Waals surface area contributed by atoms with Gasteiger partial charge in [-0.05, 0) is 19.1 Å². The highest BCUT2D eigenvalue weighted by atomic mass is 16.5. The fourth-order valence-corrected chi connectivity index (χ4v) is 2.33. The van der Waals surface area contributed by atoms with E-state index in [0.29, 0.717) is 6.61 Å². The van der Waals surface area contributed by atoms with Crippen molar-refractivity contribution in [1.29, 1.82) is 0 Å². The molecule has 108 valence electrons. The first-order valence-electron chi connectivity index (χ1n) is 6.88. The van der Waals surface area contributed by atoms with Crippen molar-refractivity contribution < 1.29 is 9.53 Å². The largest absolute Gasteiger partial charge is 0.383 e. The van der Waals surface area contributed by atoms with Crippen LogP contribution in [-0.2, 0) is 22.5 Å². The quantitative estimate of drug-likeness (QED) is 0.874. The monoisotopic (exact) mass is 275 g/mol. The van der Waals surface area contributed by atoms with E-state index >= 15 is 0 Å². The molecule has 1 amide bonds. The molecule has 0 aliphatic heterocycles. The van der Waals surface area contributed by atoms with Gasteiger partial charge in [0.15, 0.2) is 0 Å². The minimum atomic E-state index is -0.0209. The van der Waals surface area contributed by atoms with Crippen molar-refractivity contribution in [3.05, 3.63) is 30.1 Å². The second kappa shape index (κ2) is 6.52. The number of aryl methyl sites for hydroxylation is 1. The molecule has 0 spiro atoms. The SMILES string of the molecule is CCc1nc2ccccc2n1CC(=O)N[C@H](C)COC. The zero-order valence-corrected chi connectivity index (χ0v) is 12.2. The number of carbonyl (C=O) groups is 1. The first-order chi connectivity index (χ1) is 9.65. The molecule has 1 aromatic carbocycles. The summed E-state index contributed by atoms with van der Waals surface area (Å²) in [4.78, 5) is 16.7. The third kappa shape index (κ3) is 3.17. The summed E-state index contributed by atoms with van der Waals surface area (Å²) in [6, 6.07) is 7.89. The number of rotatable bonds is 6. The highest BCUT2D eigenvalue weighted by molar-refractivity contribution is 5.81. The standard InChI is InChI=1S/C15H21N3O2/c1-4-14-17-12-7-5-6-8-13(12)18(14)9-15(19)16-11(2)10-20-3/h5-8,11H,4,9-10H2,1-3H3,(H,16,19)/t11-/m1/s1. The van der Waals surface area contributed by atoms with Crippen molar-refractivity contribution in [2.24, 2.45) is 0 Å². The van der Waals surface area contributed by atoms with Crippen LogP contribution in [0.3, 0.4) is 0 Å². The molecule has 5 heteroatoms. The average Bonchev–Trinajstić information content (AvgIpc) is 2.77. The van der Waals surface area contributed by atoms with Crippen LogP contribution in [0.4, 0.5) is 0 Å². The van der Waals surface area contributed by atoms with E-state index in [2.05, 4.69) is 10.3 Å². The molecule has 0 bridgehead atoms. The maximum Gasteiger partial charge on any atom is 0.240 e. The number of amides is 1. The Hall–Kier alpha value is -1.88. The van der Waals surface area contributed by atoms with Gasteiger partial charge in [-0.1, -0.05) is 19.1 Å². The number of imidazole rings is 1. The Balaban J connectivity index is 2.18. The Morgan fingerprint density at radius 1 is 1.45 bits per heavy atom. The number of nitrogens with one attached hydrogen (secondary N) is 1. The fraction of sp³-hybridized carbons (Fsp3) is 0.467. The van der Waals surface area contributed by atoms with E-state index in [-0.39, 0.29) is 18.5 Å². The zero-order valence-electron chi connectivity index (χ0n) is 12.2. The molecule has 5 nitrogen and oxygen atoms in total. The molecule has 1 N–H and O–H groups in total. The molecule has 0 aliphatic rings. The molecule has 0 unspecified atom stereocenters. The van der Waals surface area contributed by atoms with Gasteiger partial charge in [0.2, 0.25) is 5.91 Å². The smallest absolute Gasteiger partial charge is 0.240 e. The first kappa shape index (κ1) is 14.5. The van der Waals surface area contributed by atoms with Gasteiger partial charge in [0.1, 0.15) is 12.4 Å². The number of hydrogen-bond donors (Lipinski definition) is 1. The van der Waals surface area contributed by atoms with Crippen LogP contribution < -0.4 is 5.32 Å². The summed E-state index contributed by atoms with van der Waals surface area (Å²) in [5.41, 5.74) is 1.93. The second-order valence-electron chi connectivity index (χ2n) is 4.88. The van der Waals surface area contributed by atoms with Crippen molar-refractivity contribution in [1.82, 2.24) is 14.9 Å². The van der Waals surface area contributed by atoms with Gasteiger partial charge in [-0.25, -0.2) is 4.98 Å². The molecule has 1 atom stereocenters. The second-order valence-corrected chi connectivity index (χ2v) is 4.88. The first-order valence-corrected chi connectivity index (χ1v) is 6.88. The van der Waals surface area contributed by atoms with Crippen LogP contribution in [0.1, 0.15) is 19.7 Å². The van der Waals surface area contributed by atoms with E-state index in [1.165, 1.54) is 0 Å². The molecule has 1 aromatic heterocycles. The Kier molecular flexibility index (Phi) is 4.74. The number of ether oxygens (including phenoxy) is 1. The molecule has 0 saturated heterocycles. The molecule has 0 radical (unpaired) electrons. The Morgan fingerprint density at radius 3 is 2.90 bits per heavy atom. The summed E-state index contributed by atoms with van der Waals surface area (Å²) in [6.07, 6.45) is 0.801. The molecular formula is C15H21N3O2. The summed E-state index contributed by atoms with van der Waals surface area (Å²) in [5, 5.41) is 2.92. The van der Waals surface area contributed by atoms with E-state index in [9.17, 15) is 4.79 Å². The number of benzene rings is 1. The van der Waals surface area contributed by atoms with Crippen molar-refractivity contribution in [2.45, 2.75) is 32.9 Å². The number of para-hydroxylation sites is 2. The lowest BCUT2D eigenvalue weighted by Gasteiger charge is -2.14.